The topological polar surface area (TPSA) is 111 Å². The molecule has 0 aliphatic carbocycles. The Morgan fingerprint density at radius 3 is 2.44 bits per heavy atom. The second-order valence-corrected chi connectivity index (χ2v) is 9.20. The minimum absolute atomic E-state index is 0.00642. The zero-order valence-electron chi connectivity index (χ0n) is 17.2. The number of rotatable bonds is 10. The quantitative estimate of drug-likeness (QED) is 0.436. The van der Waals surface area contributed by atoms with Gasteiger partial charge in [-0.15, -0.1) is 11.3 Å². The first-order chi connectivity index (χ1) is 15.4. The van der Waals surface area contributed by atoms with Crippen molar-refractivity contribution in [2.75, 3.05) is 17.9 Å². The van der Waals surface area contributed by atoms with Crippen LogP contribution in [-0.2, 0) is 26.1 Å². The number of benzene rings is 2. The molecule has 0 aliphatic heterocycles. The van der Waals surface area contributed by atoms with Crippen molar-refractivity contribution in [3.63, 3.8) is 0 Å². The second kappa shape index (κ2) is 10.8. The Labute approximate surface area is 190 Å². The molecule has 3 aromatic rings. The van der Waals surface area contributed by atoms with Gasteiger partial charge in [-0.05, 0) is 54.8 Å². The van der Waals surface area contributed by atoms with Crippen molar-refractivity contribution in [2.24, 2.45) is 0 Å². The Hall–Kier alpha value is -3.37. The molecule has 1 aromatic heterocycles. The lowest BCUT2D eigenvalue weighted by Gasteiger charge is -2.13. The van der Waals surface area contributed by atoms with Crippen LogP contribution < -0.4 is 14.8 Å². The van der Waals surface area contributed by atoms with E-state index in [1.54, 1.807) is 24.3 Å². The van der Waals surface area contributed by atoms with Crippen LogP contribution in [0.5, 0.6) is 5.75 Å². The average molecular weight is 475 g/mol. The zero-order valence-corrected chi connectivity index (χ0v) is 18.9. The number of carbonyl (C=O) groups is 2. The Kier molecular flexibility index (Phi) is 7.85. The highest BCUT2D eigenvalue weighted by Gasteiger charge is 2.20. The van der Waals surface area contributed by atoms with Crippen LogP contribution in [0.1, 0.15) is 22.2 Å². The number of thiophene rings is 1. The molecule has 0 saturated heterocycles. The van der Waals surface area contributed by atoms with Crippen LogP contribution in [0.2, 0.25) is 0 Å². The van der Waals surface area contributed by atoms with Crippen LogP contribution in [0.4, 0.5) is 5.69 Å². The van der Waals surface area contributed by atoms with Crippen LogP contribution in [0.15, 0.2) is 70.9 Å². The monoisotopic (exact) mass is 474 g/mol. The van der Waals surface area contributed by atoms with E-state index >= 15 is 0 Å². The fraction of sp³-hybridized carbons (Fsp3) is 0.182. The number of hydrogen-bond acceptors (Lipinski definition) is 7. The molecule has 0 spiro atoms. The van der Waals surface area contributed by atoms with Gasteiger partial charge in [0.15, 0.2) is 6.61 Å². The van der Waals surface area contributed by atoms with Gasteiger partial charge in [-0.2, -0.15) is 0 Å². The Morgan fingerprint density at radius 2 is 1.75 bits per heavy atom. The van der Waals surface area contributed by atoms with Gasteiger partial charge in [0.05, 0.1) is 29.3 Å². The van der Waals surface area contributed by atoms with Gasteiger partial charge in [-0.3, -0.25) is 9.52 Å². The van der Waals surface area contributed by atoms with Crippen LogP contribution >= 0.6 is 11.3 Å². The largest absolute Gasteiger partial charge is 0.494 e. The average Bonchev–Trinajstić information content (AvgIpc) is 3.30. The minimum Gasteiger partial charge on any atom is -0.494 e. The summed E-state index contributed by atoms with van der Waals surface area (Å²) < 4.78 is 38.3. The van der Waals surface area contributed by atoms with Gasteiger partial charge < -0.3 is 14.8 Å². The fourth-order valence-corrected chi connectivity index (χ4v) is 4.42. The number of amides is 1. The van der Waals surface area contributed by atoms with E-state index < -0.39 is 28.5 Å². The number of para-hydroxylation sites is 1. The van der Waals surface area contributed by atoms with Gasteiger partial charge in [-0.1, -0.05) is 18.2 Å². The summed E-state index contributed by atoms with van der Waals surface area (Å²) in [6.07, 6.45) is 0. The molecule has 0 fully saturated rings. The van der Waals surface area contributed by atoms with Crippen molar-refractivity contribution in [2.45, 2.75) is 18.4 Å². The van der Waals surface area contributed by atoms with Gasteiger partial charge in [0, 0.05) is 4.88 Å². The van der Waals surface area contributed by atoms with Gasteiger partial charge in [0.25, 0.3) is 15.9 Å². The van der Waals surface area contributed by atoms with E-state index in [4.69, 9.17) is 9.47 Å². The number of ether oxygens (including phenoxy) is 2. The SMILES string of the molecule is CCOc1ccc(S(=O)(=O)Nc2ccccc2C(=O)OCC(=O)NCc2cccs2)cc1. The smallest absolute Gasteiger partial charge is 0.340 e. The maximum atomic E-state index is 12.7. The molecule has 2 aromatic carbocycles. The number of carbonyl (C=O) groups excluding carboxylic acids is 2. The highest BCUT2D eigenvalue weighted by molar-refractivity contribution is 7.92. The third-order valence-corrected chi connectivity index (χ3v) is 6.47. The Morgan fingerprint density at radius 1 is 1.00 bits per heavy atom. The van der Waals surface area contributed by atoms with Gasteiger partial charge in [0.1, 0.15) is 5.75 Å². The number of esters is 1. The molecule has 168 valence electrons. The molecular formula is C22H22N2O6S2. The van der Waals surface area contributed by atoms with Gasteiger partial charge in [0.2, 0.25) is 0 Å². The summed E-state index contributed by atoms with van der Waals surface area (Å²) in [7, 11) is -3.96. The van der Waals surface area contributed by atoms with Crippen LogP contribution in [0.25, 0.3) is 0 Å². The molecule has 0 bridgehead atoms. The van der Waals surface area contributed by atoms with E-state index in [9.17, 15) is 18.0 Å². The van der Waals surface area contributed by atoms with E-state index in [0.29, 0.717) is 18.9 Å². The summed E-state index contributed by atoms with van der Waals surface area (Å²) in [5, 5.41) is 4.55. The molecule has 1 heterocycles. The molecule has 8 nitrogen and oxygen atoms in total. The number of hydrogen-bond donors (Lipinski definition) is 2. The van der Waals surface area contributed by atoms with Crippen molar-refractivity contribution in [1.29, 1.82) is 0 Å². The lowest BCUT2D eigenvalue weighted by atomic mass is 10.2. The van der Waals surface area contributed by atoms with Crippen molar-refractivity contribution < 1.29 is 27.5 Å². The summed E-state index contributed by atoms with van der Waals surface area (Å²) in [4.78, 5) is 25.4. The summed E-state index contributed by atoms with van der Waals surface area (Å²) >= 11 is 1.50. The summed E-state index contributed by atoms with van der Waals surface area (Å²) in [5.41, 5.74) is 0.0402. The van der Waals surface area contributed by atoms with Crippen molar-refractivity contribution in [3.8, 4) is 5.75 Å². The maximum absolute atomic E-state index is 12.7. The standard InChI is InChI=1S/C22H22N2O6S2/c1-2-29-16-9-11-18(12-10-16)32(27,28)24-20-8-4-3-7-19(20)22(26)30-15-21(25)23-14-17-6-5-13-31-17/h3-13,24H,2,14-15H2,1H3,(H,23,25). The van der Waals surface area contributed by atoms with Gasteiger partial charge >= 0.3 is 5.97 Å². The van der Waals surface area contributed by atoms with E-state index in [0.717, 1.165) is 4.88 Å². The molecule has 1 amide bonds. The van der Waals surface area contributed by atoms with E-state index in [-0.39, 0.29) is 16.1 Å². The lowest BCUT2D eigenvalue weighted by molar-refractivity contribution is -0.124. The van der Waals surface area contributed by atoms with E-state index in [2.05, 4.69) is 10.0 Å². The summed E-state index contributed by atoms with van der Waals surface area (Å²) in [6, 6.07) is 15.7. The first-order valence-corrected chi connectivity index (χ1v) is 12.1. The zero-order chi connectivity index (χ0) is 23.0. The fourth-order valence-electron chi connectivity index (χ4n) is 2.69. The minimum atomic E-state index is -3.96. The molecular weight excluding hydrogens is 452 g/mol. The maximum Gasteiger partial charge on any atom is 0.340 e. The summed E-state index contributed by atoms with van der Waals surface area (Å²) in [6.45, 7) is 2.15. The van der Waals surface area contributed by atoms with Crippen molar-refractivity contribution in [3.05, 3.63) is 76.5 Å². The molecule has 3 rings (SSSR count). The van der Waals surface area contributed by atoms with Crippen LogP contribution in [-0.4, -0.2) is 33.5 Å². The predicted octanol–water partition coefficient (Wildman–Crippen LogP) is 3.42. The first-order valence-electron chi connectivity index (χ1n) is 9.70. The molecule has 0 aliphatic rings. The molecule has 32 heavy (non-hydrogen) atoms. The number of nitrogens with one attached hydrogen (secondary N) is 2. The van der Waals surface area contributed by atoms with Gasteiger partial charge in [-0.25, -0.2) is 13.2 Å². The third kappa shape index (κ3) is 6.32. The third-order valence-electron chi connectivity index (χ3n) is 4.21. The van der Waals surface area contributed by atoms with Crippen LogP contribution in [0, 0.1) is 0 Å². The highest BCUT2D eigenvalue weighted by atomic mass is 32.2. The normalized spacial score (nSPS) is 10.9. The van der Waals surface area contributed by atoms with Crippen molar-refractivity contribution in [1.82, 2.24) is 5.32 Å². The van der Waals surface area contributed by atoms with Crippen LogP contribution in [0.3, 0.4) is 0 Å². The number of anilines is 1. The molecule has 2 N–H and O–H groups in total. The lowest BCUT2D eigenvalue weighted by Crippen LogP contribution is -2.28. The molecule has 0 saturated carbocycles. The highest BCUT2D eigenvalue weighted by Crippen LogP contribution is 2.22. The molecule has 10 heteroatoms. The number of sulfonamides is 1. The molecule has 0 unspecified atom stereocenters. The predicted molar refractivity (Wildman–Crippen MR) is 121 cm³/mol. The van der Waals surface area contributed by atoms with E-state index in [1.807, 2.05) is 24.4 Å². The molecule has 0 atom stereocenters. The Balaban J connectivity index is 1.64. The second-order valence-electron chi connectivity index (χ2n) is 6.49. The summed E-state index contributed by atoms with van der Waals surface area (Å²) in [5.74, 6) is -0.728. The van der Waals surface area contributed by atoms with Crippen molar-refractivity contribution >= 4 is 38.9 Å². The Bertz CT molecular complexity index is 1160. The molecule has 0 radical (unpaired) electrons. The van der Waals surface area contributed by atoms with E-state index in [1.165, 1.54) is 35.6 Å². The first kappa shape index (κ1) is 23.3.